The molecule has 3 rings (SSSR count). The first kappa shape index (κ1) is 12.0. The highest BCUT2D eigenvalue weighted by Crippen LogP contribution is 2.32. The van der Waals surface area contributed by atoms with E-state index >= 15 is 0 Å². The van der Waals surface area contributed by atoms with Crippen LogP contribution in [0, 0.1) is 6.92 Å². The fraction of sp³-hybridized carbons (Fsp3) is 0.571. The first-order valence-electron chi connectivity index (χ1n) is 6.70. The summed E-state index contributed by atoms with van der Waals surface area (Å²) in [7, 11) is 0. The van der Waals surface area contributed by atoms with Crippen LogP contribution < -0.4 is 0 Å². The molecule has 1 saturated carbocycles. The van der Waals surface area contributed by atoms with Crippen LogP contribution in [0.25, 0.3) is 11.2 Å². The lowest BCUT2D eigenvalue weighted by atomic mass is 9.95. The van der Waals surface area contributed by atoms with Crippen molar-refractivity contribution in [3.8, 4) is 0 Å². The highest BCUT2D eigenvalue weighted by Gasteiger charge is 2.21. The van der Waals surface area contributed by atoms with Gasteiger partial charge in [0.05, 0.1) is 5.88 Å². The summed E-state index contributed by atoms with van der Waals surface area (Å²) in [4.78, 5) is 9.28. The number of hydrogen-bond acceptors (Lipinski definition) is 2. The molecule has 0 N–H and O–H groups in total. The van der Waals surface area contributed by atoms with E-state index in [0.29, 0.717) is 11.9 Å². The minimum atomic E-state index is 0.464. The summed E-state index contributed by atoms with van der Waals surface area (Å²) >= 11 is 6.05. The maximum Gasteiger partial charge on any atom is 0.160 e. The smallest absolute Gasteiger partial charge is 0.160 e. The summed E-state index contributed by atoms with van der Waals surface area (Å²) in [6.07, 6.45) is 6.41. The molecule has 0 amide bonds. The van der Waals surface area contributed by atoms with Crippen LogP contribution in [0.15, 0.2) is 12.1 Å². The van der Waals surface area contributed by atoms with Crippen molar-refractivity contribution in [3.63, 3.8) is 0 Å². The first-order valence-corrected chi connectivity index (χ1v) is 7.23. The molecule has 2 aromatic rings. The van der Waals surface area contributed by atoms with E-state index in [2.05, 4.69) is 14.5 Å². The Morgan fingerprint density at radius 2 is 2.00 bits per heavy atom. The second kappa shape index (κ2) is 4.88. The molecule has 2 aromatic heterocycles. The van der Waals surface area contributed by atoms with Gasteiger partial charge in [0.15, 0.2) is 5.65 Å². The molecule has 96 valence electrons. The van der Waals surface area contributed by atoms with Gasteiger partial charge in [-0.15, -0.1) is 11.6 Å². The molecule has 3 nitrogen and oxygen atoms in total. The van der Waals surface area contributed by atoms with E-state index in [4.69, 9.17) is 11.6 Å². The molecule has 0 aromatic carbocycles. The normalized spacial score (nSPS) is 17.4. The fourth-order valence-electron chi connectivity index (χ4n) is 2.93. The first-order chi connectivity index (χ1) is 8.79. The van der Waals surface area contributed by atoms with E-state index in [-0.39, 0.29) is 0 Å². The van der Waals surface area contributed by atoms with Crippen LogP contribution in [0.2, 0.25) is 0 Å². The third-order valence-corrected chi connectivity index (χ3v) is 4.05. The van der Waals surface area contributed by atoms with Crippen LogP contribution in [-0.2, 0) is 5.88 Å². The highest BCUT2D eigenvalue weighted by molar-refractivity contribution is 6.16. The van der Waals surface area contributed by atoms with Crippen molar-refractivity contribution in [2.45, 2.75) is 50.9 Å². The Morgan fingerprint density at radius 1 is 1.22 bits per heavy atom. The molecule has 18 heavy (non-hydrogen) atoms. The molecule has 1 aliphatic carbocycles. The van der Waals surface area contributed by atoms with Crippen molar-refractivity contribution >= 4 is 22.8 Å². The average molecular weight is 264 g/mol. The summed E-state index contributed by atoms with van der Waals surface area (Å²) in [6, 6.07) is 4.60. The van der Waals surface area contributed by atoms with Gasteiger partial charge in [-0.25, -0.2) is 9.97 Å². The Balaban J connectivity index is 2.14. The summed E-state index contributed by atoms with van der Waals surface area (Å²) < 4.78 is 2.29. The standard InChI is InChI=1S/C14H18ClN3/c1-10-7-8-12-14(16-10)18(13(9-15)17-12)11-5-3-2-4-6-11/h7-8,11H,2-6,9H2,1H3. The van der Waals surface area contributed by atoms with Crippen LogP contribution in [0.3, 0.4) is 0 Å². The van der Waals surface area contributed by atoms with E-state index < -0.39 is 0 Å². The molecule has 0 saturated heterocycles. The molecule has 0 unspecified atom stereocenters. The maximum atomic E-state index is 6.05. The SMILES string of the molecule is Cc1ccc2nc(CCl)n(C3CCCCC3)c2n1. The van der Waals surface area contributed by atoms with E-state index in [0.717, 1.165) is 22.7 Å². The lowest BCUT2D eigenvalue weighted by molar-refractivity contribution is 0.353. The second-order valence-electron chi connectivity index (χ2n) is 5.12. The van der Waals surface area contributed by atoms with E-state index in [1.165, 1.54) is 32.1 Å². The summed E-state index contributed by atoms with van der Waals surface area (Å²) in [5.41, 5.74) is 3.03. The predicted octanol–water partition coefficient (Wildman–Crippen LogP) is 3.98. The number of hydrogen-bond donors (Lipinski definition) is 0. The van der Waals surface area contributed by atoms with Crippen molar-refractivity contribution < 1.29 is 0 Å². The Morgan fingerprint density at radius 3 is 2.72 bits per heavy atom. The molecule has 4 heteroatoms. The van der Waals surface area contributed by atoms with E-state index in [9.17, 15) is 0 Å². The molecule has 0 atom stereocenters. The Bertz CT molecular complexity index is 555. The average Bonchev–Trinajstić information content (AvgIpc) is 2.77. The Hall–Kier alpha value is -1.09. The van der Waals surface area contributed by atoms with Crippen LogP contribution >= 0.6 is 11.6 Å². The van der Waals surface area contributed by atoms with Crippen molar-refractivity contribution in [3.05, 3.63) is 23.7 Å². The molecule has 2 heterocycles. The van der Waals surface area contributed by atoms with Gasteiger partial charge in [-0.05, 0) is 31.9 Å². The third-order valence-electron chi connectivity index (χ3n) is 3.81. The lowest BCUT2D eigenvalue weighted by Crippen LogP contribution is -2.15. The number of aromatic nitrogens is 3. The van der Waals surface area contributed by atoms with E-state index in [1.807, 2.05) is 19.1 Å². The summed E-state index contributed by atoms with van der Waals surface area (Å²) in [5.74, 6) is 1.43. The molecular weight excluding hydrogens is 246 g/mol. The van der Waals surface area contributed by atoms with Gasteiger partial charge in [0, 0.05) is 11.7 Å². The zero-order chi connectivity index (χ0) is 12.5. The minimum absolute atomic E-state index is 0.464. The molecule has 0 spiro atoms. The van der Waals surface area contributed by atoms with Crippen LogP contribution in [0.1, 0.15) is 49.7 Å². The van der Waals surface area contributed by atoms with Gasteiger partial charge in [0.25, 0.3) is 0 Å². The number of nitrogens with zero attached hydrogens (tertiary/aromatic N) is 3. The largest absolute Gasteiger partial charge is 0.309 e. The Kier molecular flexibility index (Phi) is 3.25. The van der Waals surface area contributed by atoms with Crippen LogP contribution in [-0.4, -0.2) is 14.5 Å². The zero-order valence-corrected chi connectivity index (χ0v) is 11.5. The van der Waals surface area contributed by atoms with E-state index in [1.54, 1.807) is 0 Å². The number of imidazole rings is 1. The van der Waals surface area contributed by atoms with Gasteiger partial charge in [0.2, 0.25) is 0 Å². The van der Waals surface area contributed by atoms with Gasteiger partial charge < -0.3 is 4.57 Å². The summed E-state index contributed by atoms with van der Waals surface area (Å²) in [6.45, 7) is 2.03. The summed E-state index contributed by atoms with van der Waals surface area (Å²) in [5, 5.41) is 0. The van der Waals surface area contributed by atoms with Gasteiger partial charge in [-0.2, -0.15) is 0 Å². The fourth-order valence-corrected chi connectivity index (χ4v) is 3.12. The number of fused-ring (bicyclic) bond motifs is 1. The molecule has 1 aliphatic rings. The number of alkyl halides is 1. The lowest BCUT2D eigenvalue weighted by Gasteiger charge is -2.24. The monoisotopic (exact) mass is 263 g/mol. The van der Waals surface area contributed by atoms with Crippen molar-refractivity contribution in [2.24, 2.45) is 0 Å². The number of pyridine rings is 1. The van der Waals surface area contributed by atoms with Gasteiger partial charge in [-0.1, -0.05) is 19.3 Å². The second-order valence-corrected chi connectivity index (χ2v) is 5.39. The van der Waals surface area contributed by atoms with Crippen molar-refractivity contribution in [1.29, 1.82) is 0 Å². The molecule has 1 fully saturated rings. The van der Waals surface area contributed by atoms with Crippen molar-refractivity contribution in [1.82, 2.24) is 14.5 Å². The van der Waals surface area contributed by atoms with Gasteiger partial charge >= 0.3 is 0 Å². The van der Waals surface area contributed by atoms with Crippen LogP contribution in [0.5, 0.6) is 0 Å². The number of aryl methyl sites for hydroxylation is 1. The minimum Gasteiger partial charge on any atom is -0.309 e. The van der Waals surface area contributed by atoms with Crippen LogP contribution in [0.4, 0.5) is 0 Å². The van der Waals surface area contributed by atoms with Crippen molar-refractivity contribution in [2.75, 3.05) is 0 Å². The zero-order valence-electron chi connectivity index (χ0n) is 10.7. The highest BCUT2D eigenvalue weighted by atomic mass is 35.5. The molecular formula is C14H18ClN3. The quantitative estimate of drug-likeness (QED) is 0.767. The number of rotatable bonds is 2. The Labute approximate surface area is 112 Å². The third kappa shape index (κ3) is 2.01. The molecule has 0 radical (unpaired) electrons. The topological polar surface area (TPSA) is 30.7 Å². The predicted molar refractivity (Wildman–Crippen MR) is 73.9 cm³/mol. The van der Waals surface area contributed by atoms with Gasteiger partial charge in [0.1, 0.15) is 11.3 Å². The van der Waals surface area contributed by atoms with Gasteiger partial charge in [-0.3, -0.25) is 0 Å². The maximum absolute atomic E-state index is 6.05. The number of halogens is 1. The molecule has 0 bridgehead atoms. The molecule has 0 aliphatic heterocycles.